The van der Waals surface area contributed by atoms with Gasteiger partial charge >= 0.3 is 0 Å². The van der Waals surface area contributed by atoms with Crippen LogP contribution in [0.25, 0.3) is 0 Å². The molecule has 3 aromatic carbocycles. The number of hydrogen-bond donors (Lipinski definition) is 1. The van der Waals surface area contributed by atoms with E-state index in [0.29, 0.717) is 5.69 Å². The topological polar surface area (TPSA) is 86.8 Å². The fourth-order valence-electron chi connectivity index (χ4n) is 4.14. The zero-order valence-electron chi connectivity index (χ0n) is 22.3. The minimum atomic E-state index is -4.08. The predicted molar refractivity (Wildman–Crippen MR) is 147 cm³/mol. The van der Waals surface area contributed by atoms with Crippen LogP contribution in [-0.2, 0) is 26.2 Å². The summed E-state index contributed by atoms with van der Waals surface area (Å²) in [6.45, 7) is 8.88. The minimum absolute atomic E-state index is 0.0939. The average Bonchev–Trinajstić information content (AvgIpc) is 2.86. The second-order valence-corrected chi connectivity index (χ2v) is 11.3. The highest BCUT2D eigenvalue weighted by molar-refractivity contribution is 7.92. The van der Waals surface area contributed by atoms with Gasteiger partial charge in [0.2, 0.25) is 11.8 Å². The van der Waals surface area contributed by atoms with Gasteiger partial charge in [0.05, 0.1) is 10.6 Å². The standard InChI is InChI=1S/C29H35N3O4S/c1-20-11-14-26(15-12-20)37(35,36)32(27-17-22(3)10-13-23(27)4)19-28(33)31(24(5)29(34)30-6)18-25-9-7-8-21(2)16-25/h7-17,24H,18-19H2,1-6H3,(H,30,34)/t24-/m0/s1. The van der Waals surface area contributed by atoms with Gasteiger partial charge in [-0.3, -0.25) is 13.9 Å². The van der Waals surface area contributed by atoms with Crippen molar-refractivity contribution < 1.29 is 18.0 Å². The van der Waals surface area contributed by atoms with Gasteiger partial charge in [0.1, 0.15) is 12.6 Å². The number of carbonyl (C=O) groups excluding carboxylic acids is 2. The van der Waals surface area contributed by atoms with Crippen LogP contribution >= 0.6 is 0 Å². The maximum Gasteiger partial charge on any atom is 0.264 e. The number of rotatable bonds is 9. The zero-order valence-corrected chi connectivity index (χ0v) is 23.1. The molecule has 3 aromatic rings. The van der Waals surface area contributed by atoms with Crippen molar-refractivity contribution in [3.05, 3.63) is 94.5 Å². The molecule has 0 aliphatic rings. The van der Waals surface area contributed by atoms with Crippen molar-refractivity contribution in [2.24, 2.45) is 0 Å². The van der Waals surface area contributed by atoms with Crippen molar-refractivity contribution >= 4 is 27.5 Å². The summed E-state index contributed by atoms with van der Waals surface area (Å²) in [4.78, 5) is 27.9. The third-order valence-corrected chi connectivity index (χ3v) is 8.14. The van der Waals surface area contributed by atoms with Crippen molar-refractivity contribution in [1.29, 1.82) is 0 Å². The van der Waals surface area contributed by atoms with Crippen LogP contribution in [0.3, 0.4) is 0 Å². The summed E-state index contributed by atoms with van der Waals surface area (Å²) in [5.74, 6) is -0.810. The number of aryl methyl sites for hydroxylation is 4. The minimum Gasteiger partial charge on any atom is -0.357 e. The molecular weight excluding hydrogens is 486 g/mol. The molecule has 37 heavy (non-hydrogen) atoms. The zero-order chi connectivity index (χ0) is 27.3. The van der Waals surface area contributed by atoms with Crippen LogP contribution in [0.2, 0.25) is 0 Å². The fourth-order valence-corrected chi connectivity index (χ4v) is 5.61. The van der Waals surface area contributed by atoms with Gasteiger partial charge in [-0.2, -0.15) is 0 Å². The first-order valence-corrected chi connectivity index (χ1v) is 13.6. The molecule has 2 amide bonds. The molecule has 0 saturated heterocycles. The van der Waals surface area contributed by atoms with Gasteiger partial charge in [-0.15, -0.1) is 0 Å². The Balaban J connectivity index is 2.08. The Kier molecular flexibility index (Phi) is 8.76. The number of benzene rings is 3. The van der Waals surface area contributed by atoms with Gasteiger partial charge in [-0.05, 0) is 69.5 Å². The van der Waals surface area contributed by atoms with Crippen molar-refractivity contribution in [1.82, 2.24) is 10.2 Å². The third-order valence-electron chi connectivity index (χ3n) is 6.37. The van der Waals surface area contributed by atoms with E-state index >= 15 is 0 Å². The van der Waals surface area contributed by atoms with E-state index in [9.17, 15) is 18.0 Å². The first-order chi connectivity index (χ1) is 17.4. The second kappa shape index (κ2) is 11.6. The van der Waals surface area contributed by atoms with Crippen molar-refractivity contribution in [2.45, 2.75) is 52.1 Å². The van der Waals surface area contributed by atoms with Crippen LogP contribution in [0.1, 0.15) is 34.7 Å². The predicted octanol–water partition coefficient (Wildman–Crippen LogP) is 4.28. The van der Waals surface area contributed by atoms with Gasteiger partial charge in [0.25, 0.3) is 10.0 Å². The summed E-state index contributed by atoms with van der Waals surface area (Å²) < 4.78 is 29.0. The molecule has 0 aliphatic heterocycles. The molecule has 1 N–H and O–H groups in total. The van der Waals surface area contributed by atoms with E-state index in [0.717, 1.165) is 32.1 Å². The number of hydrogen-bond acceptors (Lipinski definition) is 4. The van der Waals surface area contributed by atoms with E-state index < -0.39 is 28.5 Å². The number of anilines is 1. The first-order valence-electron chi connectivity index (χ1n) is 12.2. The van der Waals surface area contributed by atoms with Crippen molar-refractivity contribution in [2.75, 3.05) is 17.9 Å². The lowest BCUT2D eigenvalue weighted by atomic mass is 10.1. The van der Waals surface area contributed by atoms with Gasteiger partial charge in [-0.25, -0.2) is 8.42 Å². The lowest BCUT2D eigenvalue weighted by Crippen LogP contribution is -2.50. The van der Waals surface area contributed by atoms with Crippen molar-refractivity contribution in [3.8, 4) is 0 Å². The maximum atomic E-state index is 13.9. The van der Waals surface area contributed by atoms with Crippen LogP contribution in [0.15, 0.2) is 71.6 Å². The van der Waals surface area contributed by atoms with Gasteiger partial charge in [0, 0.05) is 13.6 Å². The van der Waals surface area contributed by atoms with Crippen molar-refractivity contribution in [3.63, 3.8) is 0 Å². The van der Waals surface area contributed by atoms with E-state index in [1.165, 1.54) is 11.9 Å². The second-order valence-electron chi connectivity index (χ2n) is 9.42. The summed E-state index contributed by atoms with van der Waals surface area (Å²) >= 11 is 0. The molecule has 0 aliphatic carbocycles. The number of likely N-dealkylation sites (N-methyl/N-ethyl adjacent to an activating group) is 1. The number of nitrogens with zero attached hydrogens (tertiary/aromatic N) is 2. The summed E-state index contributed by atoms with van der Waals surface area (Å²) in [6.07, 6.45) is 0. The molecular formula is C29H35N3O4S. The molecule has 0 radical (unpaired) electrons. The molecule has 0 fully saturated rings. The Morgan fingerprint density at radius 1 is 0.865 bits per heavy atom. The number of carbonyl (C=O) groups is 2. The number of nitrogens with one attached hydrogen (secondary N) is 1. The van der Waals surface area contributed by atoms with E-state index in [1.807, 2.05) is 64.1 Å². The van der Waals surface area contributed by atoms with Gasteiger partial charge in [-0.1, -0.05) is 59.7 Å². The molecule has 0 spiro atoms. The third kappa shape index (κ3) is 6.57. The maximum absolute atomic E-state index is 13.9. The van der Waals surface area contributed by atoms with E-state index in [-0.39, 0.29) is 17.3 Å². The summed E-state index contributed by atoms with van der Waals surface area (Å²) in [7, 11) is -2.57. The summed E-state index contributed by atoms with van der Waals surface area (Å²) in [6, 6.07) is 18.9. The number of amides is 2. The SMILES string of the molecule is CNC(=O)[C@H](C)N(Cc1cccc(C)c1)C(=O)CN(c1cc(C)ccc1C)S(=O)(=O)c1ccc(C)cc1. The molecule has 0 bridgehead atoms. The monoisotopic (exact) mass is 521 g/mol. The Morgan fingerprint density at radius 2 is 1.49 bits per heavy atom. The van der Waals surface area contributed by atoms with Crippen LogP contribution in [-0.4, -0.2) is 44.8 Å². The van der Waals surface area contributed by atoms with E-state index in [4.69, 9.17) is 0 Å². The largest absolute Gasteiger partial charge is 0.357 e. The lowest BCUT2D eigenvalue weighted by molar-refractivity contribution is -0.139. The van der Waals surface area contributed by atoms with Crippen LogP contribution in [0.4, 0.5) is 5.69 Å². The Morgan fingerprint density at radius 3 is 2.11 bits per heavy atom. The van der Waals surface area contributed by atoms with Crippen LogP contribution < -0.4 is 9.62 Å². The van der Waals surface area contributed by atoms with E-state index in [2.05, 4.69) is 5.32 Å². The highest BCUT2D eigenvalue weighted by Gasteiger charge is 2.33. The summed E-state index contributed by atoms with van der Waals surface area (Å²) in [5, 5.41) is 2.60. The molecule has 8 heteroatoms. The molecule has 3 rings (SSSR count). The smallest absolute Gasteiger partial charge is 0.264 e. The Labute approximate surface area is 220 Å². The first kappa shape index (κ1) is 27.9. The van der Waals surface area contributed by atoms with E-state index in [1.54, 1.807) is 37.3 Å². The van der Waals surface area contributed by atoms with Gasteiger partial charge in [0.15, 0.2) is 0 Å². The molecule has 196 valence electrons. The molecule has 1 atom stereocenters. The number of sulfonamides is 1. The Bertz CT molecular complexity index is 1380. The molecule has 0 heterocycles. The summed E-state index contributed by atoms with van der Waals surface area (Å²) in [5.41, 5.74) is 4.82. The Hall–Kier alpha value is -3.65. The highest BCUT2D eigenvalue weighted by Crippen LogP contribution is 2.28. The van der Waals surface area contributed by atoms with Crippen LogP contribution in [0, 0.1) is 27.7 Å². The molecule has 0 saturated carbocycles. The highest BCUT2D eigenvalue weighted by atomic mass is 32.2. The quantitative estimate of drug-likeness (QED) is 0.455. The van der Waals surface area contributed by atoms with Gasteiger partial charge < -0.3 is 10.2 Å². The van der Waals surface area contributed by atoms with Crippen LogP contribution in [0.5, 0.6) is 0 Å². The average molecular weight is 522 g/mol. The molecule has 7 nitrogen and oxygen atoms in total. The fraction of sp³-hybridized carbons (Fsp3) is 0.310. The normalized spacial score (nSPS) is 12.1. The molecule has 0 unspecified atom stereocenters. The lowest BCUT2D eigenvalue weighted by Gasteiger charge is -2.32. The molecule has 0 aromatic heterocycles.